The highest BCUT2D eigenvalue weighted by Crippen LogP contribution is 2.35. The van der Waals surface area contributed by atoms with Gasteiger partial charge in [0.2, 0.25) is 5.91 Å². The van der Waals surface area contributed by atoms with Gasteiger partial charge in [-0.3, -0.25) is 14.3 Å². The van der Waals surface area contributed by atoms with E-state index in [1.165, 1.54) is 42.0 Å². The van der Waals surface area contributed by atoms with Crippen molar-refractivity contribution in [3.63, 3.8) is 0 Å². The minimum atomic E-state index is -1.41. The van der Waals surface area contributed by atoms with Crippen molar-refractivity contribution in [1.82, 2.24) is 20.0 Å². The fourth-order valence-electron chi connectivity index (χ4n) is 4.42. The molecule has 1 aliphatic rings. The van der Waals surface area contributed by atoms with E-state index in [-0.39, 0.29) is 43.4 Å². The lowest BCUT2D eigenvalue weighted by molar-refractivity contribution is -0.133. The number of fused-ring (bicyclic) bond motifs is 1. The third kappa shape index (κ3) is 5.04. The number of amides is 2. The van der Waals surface area contributed by atoms with E-state index in [0.717, 1.165) is 0 Å². The summed E-state index contributed by atoms with van der Waals surface area (Å²) in [4.78, 5) is 41.2. The van der Waals surface area contributed by atoms with Crippen LogP contribution in [0, 0.1) is 5.82 Å². The Morgan fingerprint density at radius 1 is 1.13 bits per heavy atom. The van der Waals surface area contributed by atoms with Gasteiger partial charge < -0.3 is 24.4 Å². The van der Waals surface area contributed by atoms with Gasteiger partial charge in [0.1, 0.15) is 17.1 Å². The number of esters is 1. The predicted molar refractivity (Wildman–Crippen MR) is 134 cm³/mol. The molecule has 2 aromatic carbocycles. The molecule has 2 amide bonds. The average molecular weight is 525 g/mol. The maximum atomic E-state index is 13.8. The molecule has 200 valence electrons. The van der Waals surface area contributed by atoms with Crippen LogP contribution in [-0.4, -0.2) is 58.8 Å². The van der Waals surface area contributed by atoms with Crippen molar-refractivity contribution in [1.29, 1.82) is 0 Å². The van der Waals surface area contributed by atoms with E-state index in [2.05, 4.69) is 10.4 Å². The van der Waals surface area contributed by atoms with Gasteiger partial charge in [0, 0.05) is 18.2 Å². The van der Waals surface area contributed by atoms with Crippen LogP contribution in [0.2, 0.25) is 0 Å². The van der Waals surface area contributed by atoms with Crippen molar-refractivity contribution in [2.45, 2.75) is 39.0 Å². The third-order valence-corrected chi connectivity index (χ3v) is 6.45. The Hall–Kier alpha value is -4.41. The number of nitrogens with zero attached hydrogens (tertiary/aromatic N) is 3. The molecule has 4 rings (SSSR count). The van der Waals surface area contributed by atoms with E-state index in [9.17, 15) is 18.8 Å². The van der Waals surface area contributed by atoms with Crippen molar-refractivity contribution in [3.8, 4) is 11.5 Å². The van der Waals surface area contributed by atoms with E-state index in [0.29, 0.717) is 22.6 Å². The van der Waals surface area contributed by atoms with Crippen molar-refractivity contribution in [2.75, 3.05) is 20.8 Å². The second kappa shape index (κ2) is 10.9. The smallest absolute Gasteiger partial charge is 0.358 e. The number of aromatic nitrogens is 2. The van der Waals surface area contributed by atoms with Crippen LogP contribution in [0.1, 0.15) is 46.0 Å². The van der Waals surface area contributed by atoms with Gasteiger partial charge in [0.05, 0.1) is 33.9 Å². The van der Waals surface area contributed by atoms with Crippen LogP contribution >= 0.6 is 0 Å². The van der Waals surface area contributed by atoms with Gasteiger partial charge in [-0.15, -0.1) is 0 Å². The monoisotopic (exact) mass is 524 g/mol. The number of rotatable bonds is 9. The van der Waals surface area contributed by atoms with Crippen molar-refractivity contribution >= 4 is 17.8 Å². The number of hydrogen-bond donors (Lipinski definition) is 1. The Bertz CT molecular complexity index is 1360. The molecule has 1 N–H and O–H groups in total. The molecule has 0 fully saturated rings. The summed E-state index contributed by atoms with van der Waals surface area (Å²) in [5.41, 5.74) is 0.0342. The van der Waals surface area contributed by atoms with E-state index in [4.69, 9.17) is 14.2 Å². The molecule has 1 aromatic heterocycles. The number of nitrogens with one attached hydrogen (secondary N) is 1. The fraction of sp³-hybridized carbons (Fsp3) is 0.333. The third-order valence-electron chi connectivity index (χ3n) is 6.45. The van der Waals surface area contributed by atoms with Crippen molar-refractivity contribution in [3.05, 3.63) is 76.9 Å². The molecule has 0 aliphatic carbocycles. The lowest BCUT2D eigenvalue weighted by Crippen LogP contribution is -2.63. The van der Waals surface area contributed by atoms with Gasteiger partial charge in [-0.1, -0.05) is 24.3 Å². The number of ether oxygens (including phenoxy) is 3. The predicted octanol–water partition coefficient (Wildman–Crippen LogP) is 2.95. The minimum absolute atomic E-state index is 0.0135. The molecule has 1 aliphatic heterocycles. The van der Waals surface area contributed by atoms with Crippen molar-refractivity contribution in [2.24, 2.45) is 0 Å². The minimum Gasteiger partial charge on any atom is -0.493 e. The molecule has 10 nitrogen and oxygen atoms in total. The molecule has 0 bridgehead atoms. The van der Waals surface area contributed by atoms with Gasteiger partial charge >= 0.3 is 5.97 Å². The highest BCUT2D eigenvalue weighted by molar-refractivity contribution is 6.01. The van der Waals surface area contributed by atoms with Crippen molar-refractivity contribution < 1.29 is 33.0 Å². The first kappa shape index (κ1) is 26.6. The summed E-state index contributed by atoms with van der Waals surface area (Å²) < 4.78 is 30.6. The standard InChI is InChI=1S/C27H29FN4O6/c1-5-38-25(34)20-13-21-24(33)31(15-18-7-6-8-22(36-3)23(18)37-4)27(2,16-32(21)30-20)26(35)29-14-17-9-11-19(28)12-10-17/h6-13H,5,14-16H2,1-4H3,(H,29,35). The number of benzene rings is 2. The number of para-hydroxylation sites is 1. The zero-order chi connectivity index (χ0) is 27.4. The second-order valence-corrected chi connectivity index (χ2v) is 8.92. The Morgan fingerprint density at radius 2 is 1.87 bits per heavy atom. The summed E-state index contributed by atoms with van der Waals surface area (Å²) in [5, 5.41) is 7.11. The van der Waals surface area contributed by atoms with E-state index >= 15 is 0 Å². The maximum absolute atomic E-state index is 13.8. The van der Waals surface area contributed by atoms with Crippen LogP contribution in [0.15, 0.2) is 48.5 Å². The zero-order valence-corrected chi connectivity index (χ0v) is 21.6. The highest BCUT2D eigenvalue weighted by Gasteiger charge is 2.48. The zero-order valence-electron chi connectivity index (χ0n) is 21.6. The Morgan fingerprint density at radius 3 is 2.53 bits per heavy atom. The number of halogens is 1. The van der Waals surface area contributed by atoms with Gasteiger partial charge in [0.25, 0.3) is 5.91 Å². The second-order valence-electron chi connectivity index (χ2n) is 8.92. The molecule has 38 heavy (non-hydrogen) atoms. The van der Waals surface area contributed by atoms with Crippen LogP contribution in [-0.2, 0) is 29.2 Å². The van der Waals surface area contributed by atoms with E-state index in [1.807, 2.05) is 0 Å². The summed E-state index contributed by atoms with van der Waals surface area (Å²) in [6, 6.07) is 12.4. The molecule has 3 aromatic rings. The molecule has 1 atom stereocenters. The van der Waals surface area contributed by atoms with E-state index in [1.54, 1.807) is 44.2 Å². The van der Waals surface area contributed by atoms with Crippen LogP contribution in [0.5, 0.6) is 11.5 Å². The van der Waals surface area contributed by atoms with Gasteiger partial charge in [-0.25, -0.2) is 9.18 Å². The van der Waals surface area contributed by atoms with Crippen LogP contribution in [0.3, 0.4) is 0 Å². The summed E-state index contributed by atoms with van der Waals surface area (Å²) in [6.45, 7) is 3.57. The SMILES string of the molecule is CCOC(=O)c1cc2n(n1)CC(C)(C(=O)NCc1ccc(F)cc1)N(Cc1cccc(OC)c1OC)C2=O. The summed E-state index contributed by atoms with van der Waals surface area (Å²) in [5.74, 6) is -1.08. The lowest BCUT2D eigenvalue weighted by atomic mass is 9.93. The Labute approximate surface area is 219 Å². The molecule has 0 spiro atoms. The maximum Gasteiger partial charge on any atom is 0.358 e. The molecule has 0 saturated heterocycles. The lowest BCUT2D eigenvalue weighted by Gasteiger charge is -2.43. The number of carbonyl (C=O) groups excluding carboxylic acids is 3. The molecular weight excluding hydrogens is 495 g/mol. The quantitative estimate of drug-likeness (QED) is 0.429. The average Bonchev–Trinajstić information content (AvgIpc) is 3.34. The topological polar surface area (TPSA) is 112 Å². The molecular formula is C27H29FN4O6. The Kier molecular flexibility index (Phi) is 7.65. The normalized spacial score (nSPS) is 16.6. The number of methoxy groups -OCH3 is 2. The molecule has 0 radical (unpaired) electrons. The molecule has 2 heterocycles. The first-order valence-electron chi connectivity index (χ1n) is 12.0. The molecule has 0 saturated carbocycles. The molecule has 11 heteroatoms. The summed E-state index contributed by atoms with van der Waals surface area (Å²) in [6.07, 6.45) is 0. The van der Waals surface area contributed by atoms with Gasteiger partial charge in [0.15, 0.2) is 17.2 Å². The van der Waals surface area contributed by atoms with Crippen LogP contribution < -0.4 is 14.8 Å². The highest BCUT2D eigenvalue weighted by atomic mass is 19.1. The first-order valence-corrected chi connectivity index (χ1v) is 12.0. The molecule has 1 unspecified atom stereocenters. The van der Waals surface area contributed by atoms with Gasteiger partial charge in [-0.2, -0.15) is 5.10 Å². The van der Waals surface area contributed by atoms with Gasteiger partial charge in [-0.05, 0) is 37.6 Å². The van der Waals surface area contributed by atoms with Crippen LogP contribution in [0.4, 0.5) is 4.39 Å². The summed E-state index contributed by atoms with van der Waals surface area (Å²) >= 11 is 0. The first-order chi connectivity index (χ1) is 18.2. The van der Waals surface area contributed by atoms with Crippen LogP contribution in [0.25, 0.3) is 0 Å². The Balaban J connectivity index is 1.71. The summed E-state index contributed by atoms with van der Waals surface area (Å²) in [7, 11) is 3.00. The number of hydrogen-bond acceptors (Lipinski definition) is 7. The largest absolute Gasteiger partial charge is 0.493 e. The van der Waals surface area contributed by atoms with E-state index < -0.39 is 23.3 Å². The number of carbonyl (C=O) groups is 3. The fourth-order valence-corrected chi connectivity index (χ4v) is 4.42.